The molecule has 0 unspecified atom stereocenters. The SMILES string of the molecule is Cc1c(N2CC3(COC3)CC2=O)nc2cc(F)cc(F)c2c1Cl. The van der Waals surface area contributed by atoms with Gasteiger partial charge in [0.15, 0.2) is 0 Å². The van der Waals surface area contributed by atoms with Crippen LogP contribution >= 0.6 is 11.6 Å². The summed E-state index contributed by atoms with van der Waals surface area (Å²) in [5, 5.41) is 0.226. The van der Waals surface area contributed by atoms with Crippen LogP contribution in [0.1, 0.15) is 12.0 Å². The number of aromatic nitrogens is 1. The molecule has 1 aromatic heterocycles. The zero-order valence-corrected chi connectivity index (χ0v) is 13.1. The number of hydrogen-bond donors (Lipinski definition) is 0. The van der Waals surface area contributed by atoms with Crippen molar-refractivity contribution < 1.29 is 18.3 Å². The summed E-state index contributed by atoms with van der Waals surface area (Å²) in [5.41, 5.74) is 0.446. The Labute approximate surface area is 136 Å². The highest BCUT2D eigenvalue weighted by Crippen LogP contribution is 2.42. The van der Waals surface area contributed by atoms with Crippen molar-refractivity contribution in [1.29, 1.82) is 0 Å². The lowest BCUT2D eigenvalue weighted by molar-refractivity contribution is -0.126. The van der Waals surface area contributed by atoms with Crippen molar-refractivity contribution in [3.8, 4) is 0 Å². The Hall–Kier alpha value is -1.79. The van der Waals surface area contributed by atoms with E-state index in [4.69, 9.17) is 16.3 Å². The van der Waals surface area contributed by atoms with Crippen molar-refractivity contribution in [2.24, 2.45) is 5.41 Å². The number of rotatable bonds is 1. The summed E-state index contributed by atoms with van der Waals surface area (Å²) in [6, 6.07) is 1.90. The fourth-order valence-electron chi connectivity index (χ4n) is 3.28. The fraction of sp³-hybridized carbons (Fsp3) is 0.375. The number of pyridine rings is 1. The summed E-state index contributed by atoms with van der Waals surface area (Å²) >= 11 is 6.27. The molecule has 120 valence electrons. The Bertz CT molecular complexity index is 852. The molecule has 1 aromatic carbocycles. The van der Waals surface area contributed by atoms with Crippen LogP contribution in [0.15, 0.2) is 12.1 Å². The lowest BCUT2D eigenvalue weighted by Gasteiger charge is -2.36. The van der Waals surface area contributed by atoms with E-state index in [1.807, 2.05) is 0 Å². The summed E-state index contributed by atoms with van der Waals surface area (Å²) in [4.78, 5) is 18.2. The molecule has 23 heavy (non-hydrogen) atoms. The van der Waals surface area contributed by atoms with Crippen LogP contribution in [0.4, 0.5) is 14.6 Å². The van der Waals surface area contributed by atoms with Gasteiger partial charge in [-0.3, -0.25) is 9.69 Å². The number of halogens is 3. The minimum Gasteiger partial charge on any atom is -0.380 e. The summed E-state index contributed by atoms with van der Waals surface area (Å²) in [7, 11) is 0. The molecule has 1 spiro atoms. The van der Waals surface area contributed by atoms with Crippen molar-refractivity contribution in [2.45, 2.75) is 13.3 Å². The molecule has 2 saturated heterocycles. The van der Waals surface area contributed by atoms with Gasteiger partial charge >= 0.3 is 0 Å². The number of anilines is 1. The third-order valence-electron chi connectivity index (χ3n) is 4.54. The highest BCUT2D eigenvalue weighted by atomic mass is 35.5. The molecular formula is C16H13ClF2N2O2. The molecule has 0 N–H and O–H groups in total. The molecule has 2 aliphatic heterocycles. The normalized spacial score (nSPS) is 19.7. The van der Waals surface area contributed by atoms with Gasteiger partial charge < -0.3 is 4.74 Å². The standard InChI is InChI=1S/C16H13ClF2N2O2/c1-8-14(17)13-10(19)2-9(18)3-11(13)20-15(8)21-5-16(4-12(21)22)6-23-7-16/h2-3H,4-7H2,1H3. The first-order chi connectivity index (χ1) is 10.9. The zero-order chi connectivity index (χ0) is 16.4. The maximum atomic E-state index is 14.0. The zero-order valence-electron chi connectivity index (χ0n) is 12.3. The van der Waals surface area contributed by atoms with Gasteiger partial charge in [0.2, 0.25) is 5.91 Å². The summed E-state index contributed by atoms with van der Waals surface area (Å²) < 4.78 is 32.7. The summed E-state index contributed by atoms with van der Waals surface area (Å²) in [6.45, 7) is 3.25. The van der Waals surface area contributed by atoms with Crippen LogP contribution in [0.3, 0.4) is 0 Å². The highest BCUT2D eigenvalue weighted by Gasteiger charge is 2.49. The third kappa shape index (κ3) is 2.12. The largest absolute Gasteiger partial charge is 0.380 e. The van der Waals surface area contributed by atoms with Gasteiger partial charge in [-0.05, 0) is 6.92 Å². The Balaban J connectivity index is 1.87. The second-order valence-electron chi connectivity index (χ2n) is 6.31. The average Bonchev–Trinajstić information content (AvgIpc) is 2.80. The fourth-order valence-corrected chi connectivity index (χ4v) is 3.56. The number of fused-ring (bicyclic) bond motifs is 1. The van der Waals surface area contributed by atoms with E-state index in [2.05, 4.69) is 4.98 Å². The summed E-state index contributed by atoms with van der Waals surface area (Å²) in [5.74, 6) is -1.20. The minimum absolute atomic E-state index is 0.0719. The molecule has 0 saturated carbocycles. The van der Waals surface area contributed by atoms with Gasteiger partial charge in [0.05, 0.1) is 29.1 Å². The Morgan fingerprint density at radius 3 is 2.70 bits per heavy atom. The topological polar surface area (TPSA) is 42.4 Å². The molecule has 0 aliphatic carbocycles. The van der Waals surface area contributed by atoms with E-state index in [9.17, 15) is 13.6 Å². The number of carbonyl (C=O) groups is 1. The number of benzene rings is 1. The first-order valence-electron chi connectivity index (χ1n) is 7.23. The Morgan fingerprint density at radius 2 is 2.09 bits per heavy atom. The number of amides is 1. The third-order valence-corrected chi connectivity index (χ3v) is 5.01. The van der Waals surface area contributed by atoms with E-state index >= 15 is 0 Å². The van der Waals surface area contributed by atoms with Gasteiger partial charge in [0, 0.05) is 36.1 Å². The second-order valence-corrected chi connectivity index (χ2v) is 6.68. The smallest absolute Gasteiger partial charge is 0.228 e. The number of carbonyl (C=O) groups excluding carboxylic acids is 1. The molecule has 3 heterocycles. The molecule has 0 radical (unpaired) electrons. The number of nitrogens with zero attached hydrogens (tertiary/aromatic N) is 2. The molecule has 2 aliphatic rings. The monoisotopic (exact) mass is 338 g/mol. The predicted molar refractivity (Wildman–Crippen MR) is 81.6 cm³/mol. The molecule has 0 atom stereocenters. The van der Waals surface area contributed by atoms with E-state index in [0.29, 0.717) is 37.6 Å². The molecular weight excluding hydrogens is 326 g/mol. The van der Waals surface area contributed by atoms with Crippen molar-refractivity contribution in [3.05, 3.63) is 34.4 Å². The van der Waals surface area contributed by atoms with Gasteiger partial charge in [-0.25, -0.2) is 13.8 Å². The van der Waals surface area contributed by atoms with Gasteiger partial charge in [-0.15, -0.1) is 0 Å². The number of hydrogen-bond acceptors (Lipinski definition) is 3. The maximum absolute atomic E-state index is 14.0. The Morgan fingerprint density at radius 1 is 1.35 bits per heavy atom. The molecule has 1 amide bonds. The van der Waals surface area contributed by atoms with Crippen LogP contribution in [-0.2, 0) is 9.53 Å². The lowest BCUT2D eigenvalue weighted by atomic mass is 9.85. The van der Waals surface area contributed by atoms with Gasteiger partial charge in [-0.1, -0.05) is 11.6 Å². The van der Waals surface area contributed by atoms with Crippen molar-refractivity contribution in [2.75, 3.05) is 24.7 Å². The second kappa shape index (κ2) is 4.85. The highest BCUT2D eigenvalue weighted by molar-refractivity contribution is 6.36. The Kier molecular flexibility index (Phi) is 3.12. The van der Waals surface area contributed by atoms with Gasteiger partial charge in [0.25, 0.3) is 0 Å². The first kappa shape index (κ1) is 14.8. The summed E-state index contributed by atoms with van der Waals surface area (Å²) in [6.07, 6.45) is 0.390. The number of ether oxygens (including phenoxy) is 1. The van der Waals surface area contributed by atoms with Crippen LogP contribution < -0.4 is 4.90 Å². The lowest BCUT2D eigenvalue weighted by Crippen LogP contribution is -2.44. The van der Waals surface area contributed by atoms with E-state index in [-0.39, 0.29) is 27.2 Å². The molecule has 0 bridgehead atoms. The van der Waals surface area contributed by atoms with Crippen LogP contribution in [0.25, 0.3) is 10.9 Å². The van der Waals surface area contributed by atoms with Gasteiger partial charge in [0.1, 0.15) is 17.5 Å². The van der Waals surface area contributed by atoms with E-state index in [0.717, 1.165) is 12.1 Å². The van der Waals surface area contributed by atoms with E-state index in [1.54, 1.807) is 11.8 Å². The average molecular weight is 339 g/mol. The molecule has 4 nitrogen and oxygen atoms in total. The van der Waals surface area contributed by atoms with Crippen molar-refractivity contribution in [1.82, 2.24) is 4.98 Å². The van der Waals surface area contributed by atoms with Crippen molar-refractivity contribution >= 4 is 34.2 Å². The van der Waals surface area contributed by atoms with Crippen molar-refractivity contribution in [3.63, 3.8) is 0 Å². The molecule has 4 rings (SSSR count). The van der Waals surface area contributed by atoms with Crippen LogP contribution in [0.5, 0.6) is 0 Å². The molecule has 2 aromatic rings. The molecule has 7 heteroatoms. The van der Waals surface area contributed by atoms with Crippen LogP contribution in [0, 0.1) is 24.0 Å². The van der Waals surface area contributed by atoms with Gasteiger partial charge in [-0.2, -0.15) is 0 Å². The first-order valence-corrected chi connectivity index (χ1v) is 7.61. The van der Waals surface area contributed by atoms with E-state index < -0.39 is 11.6 Å². The minimum atomic E-state index is -0.760. The quantitative estimate of drug-likeness (QED) is 0.801. The molecule has 2 fully saturated rings. The maximum Gasteiger partial charge on any atom is 0.228 e. The van der Waals surface area contributed by atoms with Crippen LogP contribution in [-0.4, -0.2) is 30.6 Å². The predicted octanol–water partition coefficient (Wildman–Crippen LogP) is 3.23. The van der Waals surface area contributed by atoms with E-state index in [1.165, 1.54) is 0 Å². The van der Waals surface area contributed by atoms with Crippen LogP contribution in [0.2, 0.25) is 5.02 Å².